The Kier molecular flexibility index (Phi) is 4.30. The Morgan fingerprint density at radius 1 is 1.24 bits per heavy atom. The highest BCUT2D eigenvalue weighted by Crippen LogP contribution is 2.29. The second kappa shape index (κ2) is 5.69. The Balaban J connectivity index is 2.05. The third-order valence-corrected chi connectivity index (χ3v) is 3.45. The molecule has 1 aliphatic rings. The number of nitrogens with zero attached hydrogens (tertiary/aromatic N) is 3. The highest BCUT2D eigenvalue weighted by Gasteiger charge is 2.41. The second-order valence-electron chi connectivity index (χ2n) is 6.76. The van der Waals surface area contributed by atoms with Crippen LogP contribution in [0.1, 0.15) is 34.6 Å². The zero-order valence-corrected chi connectivity index (χ0v) is 13.4. The van der Waals surface area contributed by atoms with E-state index in [-0.39, 0.29) is 23.2 Å². The lowest BCUT2D eigenvalue weighted by atomic mass is 9.97. The quantitative estimate of drug-likeness (QED) is 0.918. The standard InChI is InChI=1S/C15H24N4O2/c1-11(12(20)18-13-16-7-6-8-17-13)19-9-14(2,3)21-15(4,5)10-19/h6-8,11H,9-10H2,1-5H3,(H,16,17,18,20). The summed E-state index contributed by atoms with van der Waals surface area (Å²) in [5, 5.41) is 2.75. The molecule has 0 spiro atoms. The number of rotatable bonds is 3. The lowest BCUT2D eigenvalue weighted by Crippen LogP contribution is -2.61. The molecule has 0 saturated carbocycles. The average molecular weight is 292 g/mol. The number of carbonyl (C=O) groups is 1. The topological polar surface area (TPSA) is 67.4 Å². The Morgan fingerprint density at radius 2 is 1.76 bits per heavy atom. The molecule has 0 radical (unpaired) electrons. The van der Waals surface area contributed by atoms with Crippen LogP contribution in [0.15, 0.2) is 18.5 Å². The minimum Gasteiger partial charge on any atom is -0.367 e. The van der Waals surface area contributed by atoms with Gasteiger partial charge in [0.05, 0.1) is 17.2 Å². The number of ether oxygens (including phenoxy) is 1. The molecule has 1 saturated heterocycles. The number of hydrogen-bond acceptors (Lipinski definition) is 5. The summed E-state index contributed by atoms with van der Waals surface area (Å²) >= 11 is 0. The second-order valence-corrected chi connectivity index (χ2v) is 6.76. The summed E-state index contributed by atoms with van der Waals surface area (Å²) < 4.78 is 6.04. The molecule has 1 amide bonds. The van der Waals surface area contributed by atoms with E-state index in [0.29, 0.717) is 19.0 Å². The molecule has 1 aromatic rings. The molecule has 1 aliphatic heterocycles. The Bertz CT molecular complexity index is 486. The molecule has 21 heavy (non-hydrogen) atoms. The summed E-state index contributed by atoms with van der Waals surface area (Å²) in [5.74, 6) is 0.232. The van der Waals surface area contributed by atoms with Gasteiger partial charge in [0.1, 0.15) is 0 Å². The van der Waals surface area contributed by atoms with E-state index in [4.69, 9.17) is 4.74 Å². The van der Waals surface area contributed by atoms with E-state index in [1.807, 2.05) is 34.6 Å². The summed E-state index contributed by atoms with van der Waals surface area (Å²) in [5.41, 5.74) is -0.556. The lowest BCUT2D eigenvalue weighted by molar-refractivity contribution is -0.187. The van der Waals surface area contributed by atoms with Crippen LogP contribution in [0, 0.1) is 0 Å². The van der Waals surface area contributed by atoms with Gasteiger partial charge in [0.25, 0.3) is 0 Å². The van der Waals surface area contributed by atoms with Crippen molar-refractivity contribution in [2.45, 2.75) is 51.9 Å². The normalized spacial score (nSPS) is 22.5. The van der Waals surface area contributed by atoms with Gasteiger partial charge in [-0.05, 0) is 40.7 Å². The van der Waals surface area contributed by atoms with E-state index in [1.54, 1.807) is 18.5 Å². The summed E-state index contributed by atoms with van der Waals surface area (Å²) in [6.45, 7) is 11.5. The molecule has 1 unspecified atom stereocenters. The van der Waals surface area contributed by atoms with Crippen LogP contribution in [0.4, 0.5) is 5.95 Å². The fourth-order valence-corrected chi connectivity index (χ4v) is 2.86. The van der Waals surface area contributed by atoms with Gasteiger partial charge in [0.2, 0.25) is 11.9 Å². The van der Waals surface area contributed by atoms with Gasteiger partial charge in [0.15, 0.2) is 0 Å². The van der Waals surface area contributed by atoms with Gasteiger partial charge in [-0.15, -0.1) is 0 Å². The third-order valence-electron chi connectivity index (χ3n) is 3.45. The predicted octanol–water partition coefficient (Wildman–Crippen LogP) is 1.69. The minimum absolute atomic E-state index is 0.102. The molecular weight excluding hydrogens is 268 g/mol. The summed E-state index contributed by atoms with van der Waals surface area (Å²) in [4.78, 5) is 22.5. The fourth-order valence-electron chi connectivity index (χ4n) is 2.86. The first-order chi connectivity index (χ1) is 9.69. The third kappa shape index (κ3) is 4.22. The lowest BCUT2D eigenvalue weighted by Gasteiger charge is -2.48. The Morgan fingerprint density at radius 3 is 2.29 bits per heavy atom. The van der Waals surface area contributed by atoms with Crippen molar-refractivity contribution in [3.63, 3.8) is 0 Å². The molecule has 6 nitrogen and oxygen atoms in total. The molecule has 1 fully saturated rings. The highest BCUT2D eigenvalue weighted by molar-refractivity contribution is 5.93. The van der Waals surface area contributed by atoms with Gasteiger partial charge in [-0.25, -0.2) is 9.97 Å². The van der Waals surface area contributed by atoms with Crippen molar-refractivity contribution in [3.8, 4) is 0 Å². The highest BCUT2D eigenvalue weighted by atomic mass is 16.5. The van der Waals surface area contributed by atoms with Crippen molar-refractivity contribution in [1.82, 2.24) is 14.9 Å². The van der Waals surface area contributed by atoms with Gasteiger partial charge in [-0.1, -0.05) is 0 Å². The monoisotopic (exact) mass is 292 g/mol. The van der Waals surface area contributed by atoms with Crippen molar-refractivity contribution in [3.05, 3.63) is 18.5 Å². The first-order valence-electron chi connectivity index (χ1n) is 7.21. The zero-order valence-electron chi connectivity index (χ0n) is 13.4. The molecule has 2 rings (SSSR count). The first kappa shape index (κ1) is 15.9. The Labute approximate surface area is 125 Å². The molecular formula is C15H24N4O2. The zero-order chi connectivity index (χ0) is 15.7. The van der Waals surface area contributed by atoms with E-state index in [0.717, 1.165) is 0 Å². The summed E-state index contributed by atoms with van der Waals surface area (Å²) in [6.07, 6.45) is 3.21. The molecule has 6 heteroatoms. The van der Waals surface area contributed by atoms with Crippen LogP contribution in [0.5, 0.6) is 0 Å². The van der Waals surface area contributed by atoms with Crippen LogP contribution >= 0.6 is 0 Å². The van der Waals surface area contributed by atoms with Crippen LogP contribution in [0.2, 0.25) is 0 Å². The SMILES string of the molecule is CC(C(=O)Nc1ncccn1)N1CC(C)(C)OC(C)(C)C1. The van der Waals surface area contributed by atoms with E-state index < -0.39 is 0 Å². The van der Waals surface area contributed by atoms with E-state index in [9.17, 15) is 4.79 Å². The maximum absolute atomic E-state index is 12.4. The van der Waals surface area contributed by atoms with Crippen LogP contribution in [-0.2, 0) is 9.53 Å². The molecule has 1 atom stereocenters. The number of anilines is 1. The maximum atomic E-state index is 12.4. The van der Waals surface area contributed by atoms with Crippen molar-refractivity contribution in [2.75, 3.05) is 18.4 Å². The van der Waals surface area contributed by atoms with Crippen molar-refractivity contribution >= 4 is 11.9 Å². The van der Waals surface area contributed by atoms with Crippen LogP contribution in [0.25, 0.3) is 0 Å². The van der Waals surface area contributed by atoms with Crippen molar-refractivity contribution in [2.24, 2.45) is 0 Å². The number of morpholine rings is 1. The van der Waals surface area contributed by atoms with Crippen molar-refractivity contribution in [1.29, 1.82) is 0 Å². The number of amides is 1. The molecule has 1 N–H and O–H groups in total. The van der Waals surface area contributed by atoms with E-state index in [1.165, 1.54) is 0 Å². The molecule has 116 valence electrons. The fraction of sp³-hybridized carbons (Fsp3) is 0.667. The average Bonchev–Trinajstić information content (AvgIpc) is 2.35. The maximum Gasteiger partial charge on any atom is 0.243 e. The molecule has 2 heterocycles. The van der Waals surface area contributed by atoms with Gasteiger partial charge in [-0.3, -0.25) is 15.0 Å². The Hall–Kier alpha value is -1.53. The number of hydrogen-bond donors (Lipinski definition) is 1. The number of aromatic nitrogens is 2. The van der Waals surface area contributed by atoms with Crippen LogP contribution in [0.3, 0.4) is 0 Å². The van der Waals surface area contributed by atoms with Crippen LogP contribution in [-0.4, -0.2) is 51.1 Å². The van der Waals surface area contributed by atoms with Gasteiger partial charge < -0.3 is 4.74 Å². The molecule has 0 bridgehead atoms. The largest absolute Gasteiger partial charge is 0.367 e. The van der Waals surface area contributed by atoms with Gasteiger partial charge >= 0.3 is 0 Å². The molecule has 0 aliphatic carbocycles. The van der Waals surface area contributed by atoms with E-state index >= 15 is 0 Å². The minimum atomic E-state index is -0.278. The summed E-state index contributed by atoms with van der Waals surface area (Å²) in [6, 6.07) is 1.45. The van der Waals surface area contributed by atoms with Gasteiger partial charge in [0, 0.05) is 25.5 Å². The van der Waals surface area contributed by atoms with Crippen molar-refractivity contribution < 1.29 is 9.53 Å². The van der Waals surface area contributed by atoms with Crippen LogP contribution < -0.4 is 5.32 Å². The summed E-state index contributed by atoms with van der Waals surface area (Å²) in [7, 11) is 0. The smallest absolute Gasteiger partial charge is 0.243 e. The van der Waals surface area contributed by atoms with E-state index in [2.05, 4.69) is 20.2 Å². The molecule has 1 aromatic heterocycles. The number of nitrogens with one attached hydrogen (secondary N) is 1. The van der Waals surface area contributed by atoms with Gasteiger partial charge in [-0.2, -0.15) is 0 Å². The molecule has 0 aromatic carbocycles. The predicted molar refractivity (Wildman–Crippen MR) is 80.9 cm³/mol. The first-order valence-corrected chi connectivity index (χ1v) is 7.21. The number of carbonyl (C=O) groups excluding carboxylic acids is 1.